The summed E-state index contributed by atoms with van der Waals surface area (Å²) in [5.41, 5.74) is 3.59. The third-order valence-electron chi connectivity index (χ3n) is 4.28. The van der Waals surface area contributed by atoms with Gasteiger partial charge < -0.3 is 9.84 Å². The first-order valence-corrected chi connectivity index (χ1v) is 9.11. The molecule has 2 aromatic carbocycles. The number of carboxylic acid groups (broad SMARTS) is 1. The van der Waals surface area contributed by atoms with Gasteiger partial charge in [0.25, 0.3) is 0 Å². The van der Waals surface area contributed by atoms with E-state index in [9.17, 15) is 9.59 Å². The van der Waals surface area contributed by atoms with Crippen LogP contribution < -0.4 is 0 Å². The van der Waals surface area contributed by atoms with E-state index < -0.39 is 5.97 Å². The minimum absolute atomic E-state index is 0.0407. The third-order valence-corrected chi connectivity index (χ3v) is 4.28. The zero-order valence-electron chi connectivity index (χ0n) is 15.4. The van der Waals surface area contributed by atoms with Crippen LogP contribution in [0.1, 0.15) is 55.5 Å². The summed E-state index contributed by atoms with van der Waals surface area (Å²) in [6, 6.07) is 15.2. The van der Waals surface area contributed by atoms with Crippen LogP contribution in [0.15, 0.2) is 48.5 Å². The molecule has 26 heavy (non-hydrogen) atoms. The Morgan fingerprint density at radius 3 is 2.12 bits per heavy atom. The van der Waals surface area contributed by atoms with E-state index in [0.717, 1.165) is 36.8 Å². The van der Waals surface area contributed by atoms with E-state index in [2.05, 4.69) is 24.3 Å². The number of benzene rings is 2. The average molecular weight is 354 g/mol. The molecule has 2 aromatic rings. The third kappa shape index (κ3) is 6.03. The smallest absolute Gasteiger partial charge is 0.335 e. The lowest BCUT2D eigenvalue weighted by atomic mass is 10.0. The Bertz CT molecular complexity index is 717. The van der Waals surface area contributed by atoms with Crippen molar-refractivity contribution >= 4 is 11.9 Å². The molecule has 4 nitrogen and oxygen atoms in total. The zero-order chi connectivity index (χ0) is 18.9. The van der Waals surface area contributed by atoms with E-state index in [1.807, 2.05) is 26.0 Å². The second kappa shape index (κ2) is 9.76. The number of hydrogen-bond acceptors (Lipinski definition) is 3. The second-order valence-electron chi connectivity index (χ2n) is 6.52. The number of ether oxygens (including phenoxy) is 1. The van der Waals surface area contributed by atoms with Crippen molar-refractivity contribution in [1.82, 2.24) is 0 Å². The monoisotopic (exact) mass is 354 g/mol. The highest BCUT2D eigenvalue weighted by Crippen LogP contribution is 2.21. The van der Waals surface area contributed by atoms with E-state index in [0.29, 0.717) is 12.0 Å². The molecule has 1 unspecified atom stereocenters. The summed E-state index contributed by atoms with van der Waals surface area (Å²) in [5, 5.41) is 8.95. The van der Waals surface area contributed by atoms with Gasteiger partial charge in [0.1, 0.15) is 0 Å². The highest BCUT2D eigenvalue weighted by molar-refractivity contribution is 5.88. The Balaban J connectivity index is 1.83. The van der Waals surface area contributed by atoms with Crippen molar-refractivity contribution in [3.8, 4) is 11.1 Å². The first kappa shape index (κ1) is 19.7. The van der Waals surface area contributed by atoms with Crippen LogP contribution in [-0.4, -0.2) is 23.1 Å². The lowest BCUT2D eigenvalue weighted by Gasteiger charge is -2.13. The van der Waals surface area contributed by atoms with E-state index in [4.69, 9.17) is 9.84 Å². The molecule has 0 aromatic heterocycles. The van der Waals surface area contributed by atoms with Crippen molar-refractivity contribution in [2.24, 2.45) is 0 Å². The molecule has 1 atom stereocenters. The minimum Gasteiger partial charge on any atom is -0.478 e. The number of aromatic carboxylic acids is 1. The Hall–Kier alpha value is -2.62. The molecule has 1 N–H and O–H groups in total. The first-order valence-electron chi connectivity index (χ1n) is 9.11. The van der Waals surface area contributed by atoms with Crippen molar-refractivity contribution < 1.29 is 19.4 Å². The maximum atomic E-state index is 11.5. The van der Waals surface area contributed by atoms with Crippen LogP contribution >= 0.6 is 0 Å². The Labute approximate surface area is 154 Å². The van der Waals surface area contributed by atoms with Crippen LogP contribution in [0.4, 0.5) is 0 Å². The fourth-order valence-corrected chi connectivity index (χ4v) is 2.81. The first-order chi connectivity index (χ1) is 12.5. The lowest BCUT2D eigenvalue weighted by molar-refractivity contribution is -0.148. The zero-order valence-corrected chi connectivity index (χ0v) is 15.4. The second-order valence-corrected chi connectivity index (χ2v) is 6.52. The summed E-state index contributed by atoms with van der Waals surface area (Å²) in [5.74, 6) is -1.03. The minimum atomic E-state index is -0.915. The molecule has 0 radical (unpaired) electrons. The van der Waals surface area contributed by atoms with Crippen LogP contribution in [0.3, 0.4) is 0 Å². The maximum absolute atomic E-state index is 11.5. The summed E-state index contributed by atoms with van der Waals surface area (Å²) in [6.07, 6.45) is 4.02. The molecule has 4 heteroatoms. The van der Waals surface area contributed by atoms with Crippen LogP contribution in [0, 0.1) is 0 Å². The summed E-state index contributed by atoms with van der Waals surface area (Å²) in [4.78, 5) is 22.4. The Morgan fingerprint density at radius 1 is 1.00 bits per heavy atom. The molecule has 0 saturated heterocycles. The molecule has 0 aliphatic heterocycles. The van der Waals surface area contributed by atoms with E-state index in [-0.39, 0.29) is 12.1 Å². The quantitative estimate of drug-likeness (QED) is 0.636. The number of hydrogen-bond donors (Lipinski definition) is 1. The number of carboxylic acids is 1. The van der Waals surface area contributed by atoms with Crippen LogP contribution in [0.2, 0.25) is 0 Å². The lowest BCUT2D eigenvalue weighted by Crippen LogP contribution is -2.14. The fourth-order valence-electron chi connectivity index (χ4n) is 2.81. The van der Waals surface area contributed by atoms with E-state index in [1.165, 1.54) is 5.56 Å². The van der Waals surface area contributed by atoms with Crippen molar-refractivity contribution in [2.45, 2.75) is 52.1 Å². The van der Waals surface area contributed by atoms with Crippen LogP contribution in [0.5, 0.6) is 0 Å². The molecule has 0 saturated carbocycles. The van der Waals surface area contributed by atoms with Gasteiger partial charge in [0, 0.05) is 6.42 Å². The number of esters is 1. The Kier molecular flexibility index (Phi) is 7.39. The molecule has 0 bridgehead atoms. The van der Waals surface area contributed by atoms with Crippen molar-refractivity contribution in [3.05, 3.63) is 59.7 Å². The predicted octanol–water partition coefficient (Wildman–Crippen LogP) is 5.11. The highest BCUT2D eigenvalue weighted by Gasteiger charge is 2.08. The fraction of sp³-hybridized carbons (Fsp3) is 0.364. The standard InChI is InChI=1S/C22H26O4/c1-3-5-21(23)26-16(2)6-4-7-17-8-10-18(11-9-17)19-12-14-20(15-13-19)22(24)25/h8-16H,3-7H2,1-2H3,(H,24,25). The van der Waals surface area contributed by atoms with Gasteiger partial charge in [-0.15, -0.1) is 0 Å². The predicted molar refractivity (Wildman–Crippen MR) is 102 cm³/mol. The summed E-state index contributed by atoms with van der Waals surface area (Å²) in [6.45, 7) is 3.91. The molecular weight excluding hydrogens is 328 g/mol. The number of rotatable bonds is 9. The number of carbonyl (C=O) groups is 2. The van der Waals surface area contributed by atoms with Crippen LogP contribution in [0.25, 0.3) is 11.1 Å². The van der Waals surface area contributed by atoms with Gasteiger partial charge in [-0.25, -0.2) is 4.79 Å². The van der Waals surface area contributed by atoms with Gasteiger partial charge >= 0.3 is 11.9 Å². The van der Waals surface area contributed by atoms with Gasteiger partial charge in [-0.05, 0) is 61.4 Å². The van der Waals surface area contributed by atoms with Gasteiger partial charge in [-0.2, -0.15) is 0 Å². The Morgan fingerprint density at radius 2 is 1.58 bits per heavy atom. The van der Waals surface area contributed by atoms with E-state index >= 15 is 0 Å². The molecule has 0 aliphatic carbocycles. The average Bonchev–Trinajstić information content (AvgIpc) is 2.62. The molecule has 138 valence electrons. The molecule has 0 fully saturated rings. The summed E-state index contributed by atoms with van der Waals surface area (Å²) in [7, 11) is 0. The summed E-state index contributed by atoms with van der Waals surface area (Å²) < 4.78 is 5.35. The maximum Gasteiger partial charge on any atom is 0.335 e. The summed E-state index contributed by atoms with van der Waals surface area (Å²) >= 11 is 0. The van der Waals surface area contributed by atoms with Gasteiger partial charge in [0.15, 0.2) is 0 Å². The van der Waals surface area contributed by atoms with Gasteiger partial charge in [0.2, 0.25) is 0 Å². The topological polar surface area (TPSA) is 63.6 Å². The van der Waals surface area contributed by atoms with Crippen LogP contribution in [-0.2, 0) is 16.0 Å². The van der Waals surface area contributed by atoms with Crippen molar-refractivity contribution in [3.63, 3.8) is 0 Å². The van der Waals surface area contributed by atoms with Crippen molar-refractivity contribution in [2.75, 3.05) is 0 Å². The molecule has 0 aliphatic rings. The van der Waals surface area contributed by atoms with Gasteiger partial charge in [-0.3, -0.25) is 4.79 Å². The highest BCUT2D eigenvalue weighted by atomic mass is 16.5. The van der Waals surface area contributed by atoms with Gasteiger partial charge in [0.05, 0.1) is 11.7 Å². The van der Waals surface area contributed by atoms with Crippen molar-refractivity contribution in [1.29, 1.82) is 0 Å². The molecule has 2 rings (SSSR count). The van der Waals surface area contributed by atoms with E-state index in [1.54, 1.807) is 12.1 Å². The SMILES string of the molecule is CCCC(=O)OC(C)CCCc1ccc(-c2ccc(C(=O)O)cc2)cc1. The molecular formula is C22H26O4. The molecule has 0 spiro atoms. The number of carbonyl (C=O) groups excluding carboxylic acids is 1. The molecule has 0 amide bonds. The molecule has 0 heterocycles. The normalized spacial score (nSPS) is 11.8. The largest absolute Gasteiger partial charge is 0.478 e. The van der Waals surface area contributed by atoms with Gasteiger partial charge in [-0.1, -0.05) is 43.3 Å². The number of aryl methyl sites for hydroxylation is 1.